The highest BCUT2D eigenvalue weighted by molar-refractivity contribution is 9.10. The van der Waals surface area contributed by atoms with Gasteiger partial charge in [-0.05, 0) is 55.0 Å². The highest BCUT2D eigenvalue weighted by Gasteiger charge is 2.18. The third kappa shape index (κ3) is 3.08. The first-order chi connectivity index (χ1) is 7.65. The van der Waals surface area contributed by atoms with Crippen molar-refractivity contribution < 1.29 is 0 Å². The van der Waals surface area contributed by atoms with Gasteiger partial charge in [0.05, 0.1) is 0 Å². The van der Waals surface area contributed by atoms with Crippen molar-refractivity contribution in [2.75, 3.05) is 6.54 Å². The second-order valence-corrected chi connectivity index (χ2v) is 6.00. The molecule has 88 valence electrons. The van der Waals surface area contributed by atoms with Crippen LogP contribution in [0.25, 0.3) is 0 Å². The predicted molar refractivity (Wildman–Crippen MR) is 72.8 cm³/mol. The van der Waals surface area contributed by atoms with Crippen LogP contribution >= 0.6 is 15.9 Å². The van der Waals surface area contributed by atoms with E-state index >= 15 is 0 Å². The van der Waals surface area contributed by atoms with E-state index in [1.165, 1.54) is 29.3 Å². The molecule has 0 bridgehead atoms. The van der Waals surface area contributed by atoms with E-state index in [9.17, 15) is 0 Å². The van der Waals surface area contributed by atoms with Crippen LogP contribution in [0.4, 0.5) is 0 Å². The van der Waals surface area contributed by atoms with Gasteiger partial charge in [-0.15, -0.1) is 0 Å². The highest BCUT2D eigenvalue weighted by Crippen LogP contribution is 2.27. The molecular formula is C14H20BrN. The molecule has 1 aliphatic rings. The number of rotatable bonds is 3. The zero-order valence-electron chi connectivity index (χ0n) is 10.1. The van der Waals surface area contributed by atoms with Crippen LogP contribution in [-0.2, 0) is 12.8 Å². The van der Waals surface area contributed by atoms with Gasteiger partial charge < -0.3 is 5.32 Å². The number of nitrogens with one attached hydrogen (secondary N) is 1. The van der Waals surface area contributed by atoms with Gasteiger partial charge in [0.1, 0.15) is 0 Å². The number of fused-ring (bicyclic) bond motifs is 1. The Balaban J connectivity index is 1.98. The van der Waals surface area contributed by atoms with Crippen molar-refractivity contribution in [3.05, 3.63) is 33.8 Å². The average Bonchev–Trinajstić information content (AvgIpc) is 2.26. The van der Waals surface area contributed by atoms with Gasteiger partial charge >= 0.3 is 0 Å². The summed E-state index contributed by atoms with van der Waals surface area (Å²) in [6.45, 7) is 5.59. The van der Waals surface area contributed by atoms with E-state index in [4.69, 9.17) is 0 Å². The predicted octanol–water partition coefficient (Wildman–Crippen LogP) is 3.55. The largest absolute Gasteiger partial charge is 0.314 e. The van der Waals surface area contributed by atoms with Gasteiger partial charge in [0, 0.05) is 10.5 Å². The van der Waals surface area contributed by atoms with E-state index in [1.54, 1.807) is 5.56 Å². The minimum atomic E-state index is 0.603. The zero-order valence-corrected chi connectivity index (χ0v) is 11.7. The Morgan fingerprint density at radius 3 is 2.94 bits per heavy atom. The normalized spacial score (nSPS) is 19.9. The van der Waals surface area contributed by atoms with Crippen LogP contribution in [0.3, 0.4) is 0 Å². The lowest BCUT2D eigenvalue weighted by Gasteiger charge is -2.25. The number of hydrogen-bond acceptors (Lipinski definition) is 1. The van der Waals surface area contributed by atoms with Gasteiger partial charge in [0.15, 0.2) is 0 Å². The second-order valence-electron chi connectivity index (χ2n) is 5.08. The second kappa shape index (κ2) is 5.33. The monoisotopic (exact) mass is 281 g/mol. The molecule has 0 saturated carbocycles. The summed E-state index contributed by atoms with van der Waals surface area (Å²) in [5, 5.41) is 3.55. The third-order valence-electron chi connectivity index (χ3n) is 3.31. The van der Waals surface area contributed by atoms with Gasteiger partial charge in [-0.25, -0.2) is 0 Å². The summed E-state index contributed by atoms with van der Waals surface area (Å²) in [6.07, 6.45) is 3.80. The Kier molecular flexibility index (Phi) is 4.04. The molecule has 1 nitrogen and oxygen atoms in total. The van der Waals surface area contributed by atoms with Crippen molar-refractivity contribution in [3.63, 3.8) is 0 Å². The van der Waals surface area contributed by atoms with Gasteiger partial charge in [-0.2, -0.15) is 0 Å². The summed E-state index contributed by atoms with van der Waals surface area (Å²) in [5.41, 5.74) is 3.08. The molecule has 1 atom stereocenters. The summed E-state index contributed by atoms with van der Waals surface area (Å²) in [6, 6.07) is 7.32. The first-order valence-electron chi connectivity index (χ1n) is 6.16. The first-order valence-corrected chi connectivity index (χ1v) is 6.95. The number of aryl methyl sites for hydroxylation is 1. The Morgan fingerprint density at radius 1 is 1.38 bits per heavy atom. The fraction of sp³-hybridized carbons (Fsp3) is 0.571. The maximum Gasteiger partial charge on any atom is 0.0178 e. The quantitative estimate of drug-likeness (QED) is 0.894. The lowest BCUT2D eigenvalue weighted by molar-refractivity contribution is 0.406. The molecule has 1 aliphatic carbocycles. The zero-order chi connectivity index (χ0) is 11.5. The molecule has 0 heterocycles. The van der Waals surface area contributed by atoms with Crippen LogP contribution < -0.4 is 5.32 Å². The summed E-state index contributed by atoms with van der Waals surface area (Å²) < 4.78 is 1.21. The van der Waals surface area contributed by atoms with Crippen molar-refractivity contribution >= 4 is 15.9 Å². The molecule has 0 aliphatic heterocycles. The molecule has 0 amide bonds. The number of halogens is 1. The van der Waals surface area contributed by atoms with Gasteiger partial charge in [0.2, 0.25) is 0 Å². The molecule has 1 aromatic rings. The molecule has 0 saturated heterocycles. The summed E-state index contributed by atoms with van der Waals surface area (Å²) >= 11 is 3.54. The molecule has 2 heteroatoms. The van der Waals surface area contributed by atoms with E-state index in [-0.39, 0.29) is 0 Å². The molecule has 0 radical (unpaired) electrons. The molecule has 2 rings (SSSR count). The highest BCUT2D eigenvalue weighted by atomic mass is 79.9. The molecule has 0 aromatic heterocycles. The SMILES string of the molecule is CC(C)NCC1CCc2cc(Br)ccc2C1. The smallest absolute Gasteiger partial charge is 0.0178 e. The first kappa shape index (κ1) is 12.1. The van der Waals surface area contributed by atoms with Gasteiger partial charge in [-0.1, -0.05) is 35.8 Å². The number of benzene rings is 1. The number of hydrogen-bond donors (Lipinski definition) is 1. The van der Waals surface area contributed by atoms with E-state index in [0.717, 1.165) is 12.5 Å². The van der Waals surface area contributed by atoms with Crippen LogP contribution in [0.15, 0.2) is 22.7 Å². The third-order valence-corrected chi connectivity index (χ3v) is 3.81. The van der Waals surface area contributed by atoms with E-state index in [0.29, 0.717) is 6.04 Å². The Labute approximate surface area is 107 Å². The standard InChI is InChI=1S/C14H20BrN/c1-10(2)16-9-11-3-4-13-8-14(15)6-5-12(13)7-11/h5-6,8,10-11,16H,3-4,7,9H2,1-2H3. The van der Waals surface area contributed by atoms with Crippen molar-refractivity contribution in [2.45, 2.75) is 39.2 Å². The van der Waals surface area contributed by atoms with Gasteiger partial charge in [0.25, 0.3) is 0 Å². The molecule has 0 spiro atoms. The van der Waals surface area contributed by atoms with E-state index in [1.807, 2.05) is 0 Å². The van der Waals surface area contributed by atoms with Crippen molar-refractivity contribution in [3.8, 4) is 0 Å². The van der Waals surface area contributed by atoms with Crippen molar-refractivity contribution in [2.24, 2.45) is 5.92 Å². The minimum Gasteiger partial charge on any atom is -0.314 e. The van der Waals surface area contributed by atoms with Crippen molar-refractivity contribution in [1.29, 1.82) is 0 Å². The maximum absolute atomic E-state index is 3.55. The lowest BCUT2D eigenvalue weighted by Crippen LogP contribution is -2.31. The maximum atomic E-state index is 3.55. The van der Waals surface area contributed by atoms with Crippen molar-refractivity contribution in [1.82, 2.24) is 5.32 Å². The fourth-order valence-corrected chi connectivity index (χ4v) is 2.78. The van der Waals surface area contributed by atoms with Crippen LogP contribution in [0.2, 0.25) is 0 Å². The topological polar surface area (TPSA) is 12.0 Å². The molecule has 1 aromatic carbocycles. The van der Waals surface area contributed by atoms with E-state index in [2.05, 4.69) is 53.3 Å². The fourth-order valence-electron chi connectivity index (χ4n) is 2.38. The van der Waals surface area contributed by atoms with Crippen LogP contribution in [-0.4, -0.2) is 12.6 Å². The molecule has 16 heavy (non-hydrogen) atoms. The molecule has 1 N–H and O–H groups in total. The Hall–Kier alpha value is -0.340. The van der Waals surface area contributed by atoms with E-state index < -0.39 is 0 Å². The summed E-state index contributed by atoms with van der Waals surface area (Å²) in [5.74, 6) is 0.816. The van der Waals surface area contributed by atoms with Crippen LogP contribution in [0, 0.1) is 5.92 Å². The Morgan fingerprint density at radius 2 is 2.19 bits per heavy atom. The van der Waals surface area contributed by atoms with Crippen LogP contribution in [0.1, 0.15) is 31.4 Å². The Bertz CT molecular complexity index is 360. The molecule has 0 fully saturated rings. The lowest BCUT2D eigenvalue weighted by atomic mass is 9.84. The molecular weight excluding hydrogens is 262 g/mol. The minimum absolute atomic E-state index is 0.603. The van der Waals surface area contributed by atoms with Crippen LogP contribution in [0.5, 0.6) is 0 Å². The molecule has 1 unspecified atom stereocenters. The summed E-state index contributed by atoms with van der Waals surface area (Å²) in [4.78, 5) is 0. The average molecular weight is 282 g/mol. The summed E-state index contributed by atoms with van der Waals surface area (Å²) in [7, 11) is 0. The van der Waals surface area contributed by atoms with Gasteiger partial charge in [-0.3, -0.25) is 0 Å².